The Labute approximate surface area is 99.5 Å². The van der Waals surface area contributed by atoms with Crippen molar-refractivity contribution in [3.8, 4) is 0 Å². The Hall–Kier alpha value is -0.120. The first kappa shape index (κ1) is 13.9. The highest BCUT2D eigenvalue weighted by atomic mass is 16.7. The van der Waals surface area contributed by atoms with Crippen molar-refractivity contribution in [1.29, 1.82) is 0 Å². The Morgan fingerprint density at radius 3 is 1.50 bits per heavy atom. The molecular formula is C13H26O3. The van der Waals surface area contributed by atoms with Crippen LogP contribution >= 0.6 is 0 Å². The fourth-order valence-corrected chi connectivity index (χ4v) is 2.03. The summed E-state index contributed by atoms with van der Waals surface area (Å²) < 4.78 is 17.0. The Kier molecular flexibility index (Phi) is 4.04. The molecule has 1 heterocycles. The number of hydrogen-bond donors (Lipinski definition) is 0. The molecule has 3 heteroatoms. The van der Waals surface area contributed by atoms with E-state index in [2.05, 4.69) is 41.5 Å². The number of rotatable bonds is 2. The Balaban J connectivity index is 2.80. The molecule has 0 bridgehead atoms. The standard InChI is InChI=1S/C13H26O3/c1-12(2,3)10-11(13(4,5)6)16-9(15-10)8-14-7/h9-11H,8H2,1-7H3/t9?,10-,11+. The third-order valence-electron chi connectivity index (χ3n) is 2.88. The maximum Gasteiger partial charge on any atom is 0.181 e. The summed E-state index contributed by atoms with van der Waals surface area (Å²) in [4.78, 5) is 0. The van der Waals surface area contributed by atoms with Crippen LogP contribution in [0, 0.1) is 10.8 Å². The van der Waals surface area contributed by atoms with Crippen LogP contribution in [0.4, 0.5) is 0 Å². The fourth-order valence-electron chi connectivity index (χ4n) is 2.03. The number of ether oxygens (including phenoxy) is 3. The Bertz CT molecular complexity index is 202. The van der Waals surface area contributed by atoms with Crippen molar-refractivity contribution in [1.82, 2.24) is 0 Å². The molecule has 1 rings (SSSR count). The van der Waals surface area contributed by atoms with Crippen LogP contribution < -0.4 is 0 Å². The SMILES string of the molecule is COCC1O[C@@H](C(C)(C)C)[C@@H](C(C)(C)C)O1. The molecule has 0 aromatic carbocycles. The van der Waals surface area contributed by atoms with Crippen LogP contribution in [0.15, 0.2) is 0 Å². The summed E-state index contributed by atoms with van der Waals surface area (Å²) in [5.41, 5.74) is 0.168. The minimum Gasteiger partial charge on any atom is -0.379 e. The van der Waals surface area contributed by atoms with Gasteiger partial charge in [0.1, 0.15) is 0 Å². The smallest absolute Gasteiger partial charge is 0.181 e. The van der Waals surface area contributed by atoms with Crippen LogP contribution in [0.1, 0.15) is 41.5 Å². The van der Waals surface area contributed by atoms with Crippen molar-refractivity contribution in [2.45, 2.75) is 60.0 Å². The molecule has 0 N–H and O–H groups in total. The molecule has 0 aromatic heterocycles. The van der Waals surface area contributed by atoms with Crippen LogP contribution in [0.2, 0.25) is 0 Å². The maximum atomic E-state index is 5.96. The van der Waals surface area contributed by atoms with Crippen molar-refractivity contribution >= 4 is 0 Å². The molecule has 0 saturated carbocycles. The maximum absolute atomic E-state index is 5.96. The van der Waals surface area contributed by atoms with E-state index in [1.165, 1.54) is 0 Å². The molecular weight excluding hydrogens is 204 g/mol. The van der Waals surface area contributed by atoms with Crippen LogP contribution in [-0.2, 0) is 14.2 Å². The van der Waals surface area contributed by atoms with E-state index in [0.717, 1.165) is 0 Å². The van der Waals surface area contributed by atoms with E-state index >= 15 is 0 Å². The predicted octanol–water partition coefficient (Wildman–Crippen LogP) is 2.84. The molecule has 0 aromatic rings. The zero-order valence-corrected chi connectivity index (χ0v) is 11.7. The molecule has 3 atom stereocenters. The van der Waals surface area contributed by atoms with Crippen LogP contribution in [0.3, 0.4) is 0 Å². The van der Waals surface area contributed by atoms with Gasteiger partial charge in [-0.25, -0.2) is 0 Å². The molecule has 0 radical (unpaired) electrons. The third-order valence-corrected chi connectivity index (χ3v) is 2.88. The van der Waals surface area contributed by atoms with E-state index in [-0.39, 0.29) is 29.3 Å². The summed E-state index contributed by atoms with van der Waals surface area (Å²) in [6.45, 7) is 13.6. The summed E-state index contributed by atoms with van der Waals surface area (Å²) >= 11 is 0. The first-order valence-electron chi connectivity index (χ1n) is 5.96. The first-order chi connectivity index (χ1) is 7.16. The summed E-state index contributed by atoms with van der Waals surface area (Å²) in [6, 6.07) is 0. The summed E-state index contributed by atoms with van der Waals surface area (Å²) in [5, 5.41) is 0. The molecule has 96 valence electrons. The Morgan fingerprint density at radius 2 is 1.25 bits per heavy atom. The highest BCUT2D eigenvalue weighted by Crippen LogP contribution is 2.40. The zero-order valence-electron chi connectivity index (χ0n) is 11.7. The van der Waals surface area contributed by atoms with Crippen molar-refractivity contribution in [2.75, 3.05) is 13.7 Å². The van der Waals surface area contributed by atoms with Gasteiger partial charge in [0.05, 0.1) is 18.8 Å². The summed E-state index contributed by atoms with van der Waals surface area (Å²) in [5.74, 6) is 0. The average Bonchev–Trinajstić information content (AvgIpc) is 2.47. The Morgan fingerprint density at radius 1 is 0.875 bits per heavy atom. The van der Waals surface area contributed by atoms with Gasteiger partial charge in [-0.3, -0.25) is 0 Å². The van der Waals surface area contributed by atoms with Gasteiger partial charge in [0.25, 0.3) is 0 Å². The summed E-state index contributed by atoms with van der Waals surface area (Å²) in [7, 11) is 1.67. The van der Waals surface area contributed by atoms with E-state index < -0.39 is 0 Å². The molecule has 1 fully saturated rings. The van der Waals surface area contributed by atoms with E-state index in [1.807, 2.05) is 0 Å². The van der Waals surface area contributed by atoms with Gasteiger partial charge in [-0.2, -0.15) is 0 Å². The molecule has 1 aliphatic heterocycles. The molecule has 1 aliphatic rings. The van der Waals surface area contributed by atoms with Crippen molar-refractivity contribution < 1.29 is 14.2 Å². The second-order valence-electron chi connectivity index (χ2n) is 6.73. The monoisotopic (exact) mass is 230 g/mol. The highest BCUT2D eigenvalue weighted by Gasteiger charge is 2.47. The quantitative estimate of drug-likeness (QED) is 0.730. The molecule has 0 amide bonds. The van der Waals surface area contributed by atoms with Gasteiger partial charge in [-0.1, -0.05) is 41.5 Å². The first-order valence-corrected chi connectivity index (χ1v) is 5.96. The highest BCUT2D eigenvalue weighted by molar-refractivity contribution is 4.93. The predicted molar refractivity (Wildman–Crippen MR) is 64.3 cm³/mol. The lowest BCUT2D eigenvalue weighted by atomic mass is 9.76. The van der Waals surface area contributed by atoms with Crippen LogP contribution in [0.5, 0.6) is 0 Å². The largest absolute Gasteiger partial charge is 0.379 e. The minimum absolute atomic E-state index is 0.0838. The fraction of sp³-hybridized carbons (Fsp3) is 1.00. The van der Waals surface area contributed by atoms with Crippen molar-refractivity contribution in [3.63, 3.8) is 0 Å². The average molecular weight is 230 g/mol. The van der Waals surface area contributed by atoms with E-state index in [1.54, 1.807) is 7.11 Å². The third kappa shape index (κ3) is 3.19. The molecule has 0 aliphatic carbocycles. The van der Waals surface area contributed by atoms with Gasteiger partial charge < -0.3 is 14.2 Å². The van der Waals surface area contributed by atoms with Gasteiger partial charge in [-0.05, 0) is 10.8 Å². The van der Waals surface area contributed by atoms with Gasteiger partial charge in [-0.15, -0.1) is 0 Å². The van der Waals surface area contributed by atoms with Gasteiger partial charge in [0, 0.05) is 7.11 Å². The molecule has 3 nitrogen and oxygen atoms in total. The molecule has 16 heavy (non-hydrogen) atoms. The lowest BCUT2D eigenvalue weighted by Crippen LogP contribution is -2.42. The minimum atomic E-state index is -0.224. The molecule has 1 unspecified atom stereocenters. The topological polar surface area (TPSA) is 27.7 Å². The number of hydrogen-bond acceptors (Lipinski definition) is 3. The van der Waals surface area contributed by atoms with Gasteiger partial charge in [0.15, 0.2) is 6.29 Å². The normalized spacial score (nSPS) is 32.1. The van der Waals surface area contributed by atoms with Gasteiger partial charge in [0.2, 0.25) is 0 Å². The summed E-state index contributed by atoms with van der Waals surface area (Å²) in [6.07, 6.45) is 0.0127. The van der Waals surface area contributed by atoms with E-state index in [4.69, 9.17) is 14.2 Å². The van der Waals surface area contributed by atoms with Gasteiger partial charge >= 0.3 is 0 Å². The van der Waals surface area contributed by atoms with Crippen molar-refractivity contribution in [3.05, 3.63) is 0 Å². The second kappa shape index (κ2) is 4.63. The van der Waals surface area contributed by atoms with Crippen molar-refractivity contribution in [2.24, 2.45) is 10.8 Å². The van der Waals surface area contributed by atoms with Crippen LogP contribution in [0.25, 0.3) is 0 Å². The van der Waals surface area contributed by atoms with E-state index in [9.17, 15) is 0 Å². The lowest BCUT2D eigenvalue weighted by molar-refractivity contribution is -0.117. The number of methoxy groups -OCH3 is 1. The van der Waals surface area contributed by atoms with Crippen LogP contribution in [-0.4, -0.2) is 32.2 Å². The molecule has 0 spiro atoms. The molecule has 1 saturated heterocycles. The van der Waals surface area contributed by atoms with E-state index in [0.29, 0.717) is 6.61 Å². The lowest BCUT2D eigenvalue weighted by Gasteiger charge is -2.36. The zero-order chi connectivity index (χ0) is 12.6. The second-order valence-corrected chi connectivity index (χ2v) is 6.73.